The maximum absolute atomic E-state index is 10.1. The van der Waals surface area contributed by atoms with Crippen LogP contribution in [0.3, 0.4) is 0 Å². The normalized spacial score (nSPS) is 9.92. The van der Waals surface area contributed by atoms with Crippen LogP contribution in [0.25, 0.3) is 0 Å². The summed E-state index contributed by atoms with van der Waals surface area (Å²) in [5.41, 5.74) is 1.24. The number of hydrogen-bond acceptors (Lipinski definition) is 1. The van der Waals surface area contributed by atoms with Crippen LogP contribution in [0.1, 0.15) is 58.3 Å². The Bertz CT molecular complexity index is 138. The number of allylic oxidation sites excluding steroid dienone is 1. The quantitative estimate of drug-likeness (QED) is 0.300. The number of carbonyl (C=O) groups is 1. The number of hydrogen-bond donors (Lipinski definition) is 0. The third kappa shape index (κ3) is 9.32. The van der Waals surface area contributed by atoms with Crippen molar-refractivity contribution < 1.29 is 4.79 Å². The zero-order chi connectivity index (χ0) is 9.94. The fourth-order valence-electron chi connectivity index (χ4n) is 1.37. The highest BCUT2D eigenvalue weighted by Crippen LogP contribution is 2.12. The van der Waals surface area contributed by atoms with Gasteiger partial charge in [-0.3, -0.25) is 0 Å². The predicted octanol–water partition coefficient (Wildman–Crippen LogP) is 3.88. The van der Waals surface area contributed by atoms with Crippen molar-refractivity contribution in [1.29, 1.82) is 0 Å². The Balaban J connectivity index is 3.12. The van der Waals surface area contributed by atoms with Gasteiger partial charge >= 0.3 is 0 Å². The van der Waals surface area contributed by atoms with Gasteiger partial charge < -0.3 is 4.79 Å². The number of rotatable bonds is 9. The second kappa shape index (κ2) is 9.50. The van der Waals surface area contributed by atoms with E-state index >= 15 is 0 Å². The van der Waals surface area contributed by atoms with Crippen LogP contribution in [-0.4, -0.2) is 6.29 Å². The Labute approximate surface area is 82.2 Å². The summed E-state index contributed by atoms with van der Waals surface area (Å²) in [6.45, 7) is 6.18. The van der Waals surface area contributed by atoms with E-state index in [2.05, 4.69) is 13.5 Å². The van der Waals surface area contributed by atoms with E-state index in [0.29, 0.717) is 6.42 Å². The number of aldehydes is 1. The lowest BCUT2D eigenvalue weighted by Crippen LogP contribution is -1.85. The van der Waals surface area contributed by atoms with Gasteiger partial charge in [0.1, 0.15) is 6.29 Å². The van der Waals surface area contributed by atoms with Crippen LogP contribution < -0.4 is 0 Å². The molecule has 0 spiro atoms. The fourth-order valence-corrected chi connectivity index (χ4v) is 1.37. The minimum Gasteiger partial charge on any atom is -0.303 e. The molecule has 0 aliphatic rings. The third-order valence-electron chi connectivity index (χ3n) is 2.25. The molecule has 0 aliphatic heterocycles. The maximum atomic E-state index is 10.1. The average molecular weight is 182 g/mol. The van der Waals surface area contributed by atoms with Gasteiger partial charge in [0, 0.05) is 6.42 Å². The molecule has 1 heteroatoms. The minimum atomic E-state index is 0.647. The molecule has 0 aromatic carbocycles. The Kier molecular flexibility index (Phi) is 9.07. The highest BCUT2D eigenvalue weighted by molar-refractivity contribution is 5.49. The first-order valence-electron chi connectivity index (χ1n) is 5.41. The molecule has 0 radical (unpaired) electrons. The van der Waals surface area contributed by atoms with E-state index < -0.39 is 0 Å². The first-order valence-corrected chi connectivity index (χ1v) is 5.41. The molecule has 0 saturated carbocycles. The summed E-state index contributed by atoms with van der Waals surface area (Å²) in [6.07, 6.45) is 10.2. The molecule has 13 heavy (non-hydrogen) atoms. The molecule has 0 aliphatic carbocycles. The summed E-state index contributed by atoms with van der Waals surface area (Å²) >= 11 is 0. The fraction of sp³-hybridized carbons (Fsp3) is 0.750. The smallest absolute Gasteiger partial charge is 0.120 e. The summed E-state index contributed by atoms with van der Waals surface area (Å²) < 4.78 is 0. The van der Waals surface area contributed by atoms with Crippen LogP contribution in [0.15, 0.2) is 12.2 Å². The summed E-state index contributed by atoms with van der Waals surface area (Å²) in [4.78, 5) is 10.1. The highest BCUT2D eigenvalue weighted by Gasteiger charge is 1.94. The van der Waals surface area contributed by atoms with Crippen molar-refractivity contribution >= 4 is 6.29 Å². The minimum absolute atomic E-state index is 0.647. The molecule has 1 nitrogen and oxygen atoms in total. The van der Waals surface area contributed by atoms with E-state index in [4.69, 9.17) is 0 Å². The van der Waals surface area contributed by atoms with Gasteiger partial charge in [-0.15, -0.1) is 0 Å². The van der Waals surface area contributed by atoms with Crippen molar-refractivity contribution in [2.24, 2.45) is 0 Å². The monoisotopic (exact) mass is 182 g/mol. The molecule has 0 rings (SSSR count). The van der Waals surface area contributed by atoms with Crippen LogP contribution in [0.4, 0.5) is 0 Å². The van der Waals surface area contributed by atoms with Gasteiger partial charge in [-0.25, -0.2) is 0 Å². The van der Waals surface area contributed by atoms with Crippen molar-refractivity contribution in [2.45, 2.75) is 58.3 Å². The molecule has 0 N–H and O–H groups in total. The highest BCUT2D eigenvalue weighted by atomic mass is 16.1. The molecular weight excluding hydrogens is 160 g/mol. The summed E-state index contributed by atoms with van der Waals surface area (Å²) in [6, 6.07) is 0. The Morgan fingerprint density at radius 1 is 1.15 bits per heavy atom. The average Bonchev–Trinajstić information content (AvgIpc) is 2.14. The Morgan fingerprint density at radius 3 is 2.46 bits per heavy atom. The van der Waals surface area contributed by atoms with E-state index in [1.165, 1.54) is 37.7 Å². The van der Waals surface area contributed by atoms with Crippen molar-refractivity contribution in [3.63, 3.8) is 0 Å². The SMILES string of the molecule is C=C(CCC=O)CCCCCCC. The standard InChI is InChI=1S/C12H22O/c1-3-4-5-6-7-9-12(2)10-8-11-13/h11H,2-10H2,1H3. The van der Waals surface area contributed by atoms with Gasteiger partial charge in [0.25, 0.3) is 0 Å². The first-order chi connectivity index (χ1) is 6.31. The van der Waals surface area contributed by atoms with Crippen LogP contribution in [0, 0.1) is 0 Å². The van der Waals surface area contributed by atoms with Gasteiger partial charge in [-0.05, 0) is 19.3 Å². The summed E-state index contributed by atoms with van der Waals surface area (Å²) in [5, 5.41) is 0. The van der Waals surface area contributed by atoms with Crippen LogP contribution in [0.2, 0.25) is 0 Å². The number of carbonyl (C=O) groups excluding carboxylic acids is 1. The van der Waals surface area contributed by atoms with Gasteiger partial charge in [-0.1, -0.05) is 44.8 Å². The van der Waals surface area contributed by atoms with Crippen molar-refractivity contribution in [1.82, 2.24) is 0 Å². The lowest BCUT2D eigenvalue weighted by Gasteiger charge is -2.02. The molecule has 0 aromatic heterocycles. The third-order valence-corrected chi connectivity index (χ3v) is 2.25. The van der Waals surface area contributed by atoms with Crippen LogP contribution in [-0.2, 0) is 4.79 Å². The lowest BCUT2D eigenvalue weighted by atomic mass is 10.0. The van der Waals surface area contributed by atoms with Gasteiger partial charge in [0.15, 0.2) is 0 Å². The van der Waals surface area contributed by atoms with Crippen molar-refractivity contribution in [3.05, 3.63) is 12.2 Å². The zero-order valence-electron chi connectivity index (χ0n) is 8.85. The van der Waals surface area contributed by atoms with Crippen LogP contribution in [0.5, 0.6) is 0 Å². The maximum Gasteiger partial charge on any atom is 0.120 e. The van der Waals surface area contributed by atoms with E-state index in [1.807, 2.05) is 0 Å². The van der Waals surface area contributed by atoms with Gasteiger partial charge in [0.2, 0.25) is 0 Å². The van der Waals surface area contributed by atoms with Crippen molar-refractivity contribution in [3.8, 4) is 0 Å². The molecule has 0 fully saturated rings. The molecule has 0 heterocycles. The molecular formula is C12H22O. The van der Waals surface area contributed by atoms with E-state index in [0.717, 1.165) is 19.1 Å². The Morgan fingerprint density at radius 2 is 1.85 bits per heavy atom. The zero-order valence-corrected chi connectivity index (χ0v) is 8.85. The predicted molar refractivity (Wildman–Crippen MR) is 57.8 cm³/mol. The first kappa shape index (κ1) is 12.4. The van der Waals surface area contributed by atoms with Crippen molar-refractivity contribution in [2.75, 3.05) is 0 Å². The second-order valence-electron chi connectivity index (χ2n) is 3.62. The molecule has 0 amide bonds. The molecule has 0 saturated heterocycles. The van der Waals surface area contributed by atoms with E-state index in [9.17, 15) is 4.79 Å². The molecule has 76 valence electrons. The largest absolute Gasteiger partial charge is 0.303 e. The number of unbranched alkanes of at least 4 members (excludes halogenated alkanes) is 4. The van der Waals surface area contributed by atoms with E-state index in [1.54, 1.807) is 0 Å². The molecule has 0 aromatic rings. The molecule has 0 atom stereocenters. The molecule has 0 bridgehead atoms. The Hall–Kier alpha value is -0.590. The summed E-state index contributed by atoms with van der Waals surface area (Å²) in [5.74, 6) is 0. The second-order valence-corrected chi connectivity index (χ2v) is 3.62. The molecule has 0 unspecified atom stereocenters. The van der Waals surface area contributed by atoms with Crippen LogP contribution >= 0.6 is 0 Å². The summed E-state index contributed by atoms with van der Waals surface area (Å²) in [7, 11) is 0. The topological polar surface area (TPSA) is 17.1 Å². The lowest BCUT2D eigenvalue weighted by molar-refractivity contribution is -0.107. The van der Waals surface area contributed by atoms with E-state index in [-0.39, 0.29) is 0 Å². The van der Waals surface area contributed by atoms with Gasteiger partial charge in [0.05, 0.1) is 0 Å². The van der Waals surface area contributed by atoms with Gasteiger partial charge in [-0.2, -0.15) is 0 Å².